The Kier molecular flexibility index (Phi) is 3.55. The predicted molar refractivity (Wildman–Crippen MR) is 95.5 cm³/mol. The fraction of sp³-hybridized carbons (Fsp3) is 0.381. The van der Waals surface area contributed by atoms with Crippen LogP contribution in [0.3, 0.4) is 0 Å². The third kappa shape index (κ3) is 2.78. The molecular formula is C21H19F3N2O. The molecule has 1 saturated carbocycles. The van der Waals surface area contributed by atoms with Gasteiger partial charge in [-0.05, 0) is 54.2 Å². The van der Waals surface area contributed by atoms with Gasteiger partial charge in [-0.15, -0.1) is 0 Å². The van der Waals surface area contributed by atoms with Gasteiger partial charge < -0.3 is 10.6 Å². The van der Waals surface area contributed by atoms with Crippen LogP contribution in [0, 0.1) is 5.92 Å². The maximum atomic E-state index is 13.3. The lowest BCUT2D eigenvalue weighted by Gasteiger charge is -2.37. The number of hydrogen-bond acceptors (Lipinski definition) is 2. The van der Waals surface area contributed by atoms with E-state index in [0.717, 1.165) is 30.0 Å². The second-order valence-electron chi connectivity index (χ2n) is 7.75. The number of hydrogen-bond donors (Lipinski definition) is 2. The second-order valence-corrected chi connectivity index (χ2v) is 7.75. The summed E-state index contributed by atoms with van der Waals surface area (Å²) in [5, 5.41) is 6.28. The molecule has 1 fully saturated rings. The van der Waals surface area contributed by atoms with Gasteiger partial charge in [-0.25, -0.2) is 0 Å². The van der Waals surface area contributed by atoms with Crippen LogP contribution in [0.5, 0.6) is 0 Å². The molecule has 27 heavy (non-hydrogen) atoms. The molecule has 0 saturated heterocycles. The number of anilines is 1. The lowest BCUT2D eigenvalue weighted by molar-refractivity contribution is -0.137. The minimum absolute atomic E-state index is 0.0501. The number of amides is 1. The van der Waals surface area contributed by atoms with E-state index in [1.807, 2.05) is 24.3 Å². The first-order chi connectivity index (χ1) is 12.9. The fourth-order valence-corrected chi connectivity index (χ4v) is 4.52. The van der Waals surface area contributed by atoms with Gasteiger partial charge in [0.1, 0.15) is 6.04 Å². The number of fused-ring (bicyclic) bond motifs is 5. The number of alkyl halides is 3. The normalized spacial score (nSPS) is 25.8. The van der Waals surface area contributed by atoms with Crippen molar-refractivity contribution < 1.29 is 18.0 Å². The van der Waals surface area contributed by atoms with Gasteiger partial charge in [0.15, 0.2) is 0 Å². The Labute approximate surface area is 155 Å². The molecule has 5 rings (SSSR count). The molecule has 2 N–H and O–H groups in total. The number of rotatable bonds is 2. The van der Waals surface area contributed by atoms with Gasteiger partial charge >= 0.3 is 6.18 Å². The van der Waals surface area contributed by atoms with E-state index < -0.39 is 17.8 Å². The van der Waals surface area contributed by atoms with Crippen LogP contribution in [0.2, 0.25) is 0 Å². The zero-order valence-electron chi connectivity index (χ0n) is 14.5. The standard InChI is InChI=1S/C21H19F3N2O/c22-21(23,24)12-5-8-17-15(10-12)18-14-4-2-1-3-11(14)9-16(18)19(26-17)20(27)25-13-6-7-13/h1-5,8,10,13,16,18-19,26H,6-7,9H2,(H,25,27). The first-order valence-corrected chi connectivity index (χ1v) is 9.27. The molecular weight excluding hydrogens is 353 g/mol. The molecule has 2 aromatic rings. The van der Waals surface area contributed by atoms with Gasteiger partial charge in [-0.2, -0.15) is 13.2 Å². The first kappa shape index (κ1) is 16.7. The quantitative estimate of drug-likeness (QED) is 0.834. The van der Waals surface area contributed by atoms with E-state index in [0.29, 0.717) is 17.7 Å². The Morgan fingerprint density at radius 3 is 2.59 bits per heavy atom. The van der Waals surface area contributed by atoms with Gasteiger partial charge in [0.2, 0.25) is 5.91 Å². The van der Waals surface area contributed by atoms with E-state index in [2.05, 4.69) is 10.6 Å². The van der Waals surface area contributed by atoms with Crippen LogP contribution in [-0.2, 0) is 17.4 Å². The van der Waals surface area contributed by atoms with Crippen LogP contribution >= 0.6 is 0 Å². The van der Waals surface area contributed by atoms with Crippen molar-refractivity contribution in [2.24, 2.45) is 5.92 Å². The Balaban J connectivity index is 1.60. The van der Waals surface area contributed by atoms with E-state index in [4.69, 9.17) is 0 Å². The van der Waals surface area contributed by atoms with Gasteiger partial charge in [0.05, 0.1) is 5.56 Å². The number of carbonyl (C=O) groups excluding carboxylic acids is 1. The average molecular weight is 372 g/mol. The van der Waals surface area contributed by atoms with Crippen LogP contribution in [0.4, 0.5) is 18.9 Å². The van der Waals surface area contributed by atoms with E-state index >= 15 is 0 Å². The number of halogens is 3. The number of benzene rings is 2. The summed E-state index contributed by atoms with van der Waals surface area (Å²) < 4.78 is 39.8. The zero-order valence-corrected chi connectivity index (χ0v) is 14.5. The highest BCUT2D eigenvalue weighted by atomic mass is 19.4. The summed E-state index contributed by atoms with van der Waals surface area (Å²) in [6.45, 7) is 0. The summed E-state index contributed by atoms with van der Waals surface area (Å²) in [5.74, 6) is -0.335. The SMILES string of the molecule is O=C(NC1CC1)C1Nc2ccc(C(F)(F)F)cc2C2c3ccccc3CC12. The molecule has 3 atom stereocenters. The smallest absolute Gasteiger partial charge is 0.373 e. The highest BCUT2D eigenvalue weighted by Crippen LogP contribution is 2.50. The summed E-state index contributed by atoms with van der Waals surface area (Å²) in [7, 11) is 0. The molecule has 6 heteroatoms. The summed E-state index contributed by atoms with van der Waals surface area (Å²) in [4.78, 5) is 12.8. The molecule has 0 spiro atoms. The summed E-state index contributed by atoms with van der Waals surface area (Å²) in [6, 6.07) is 11.4. The molecule has 2 aliphatic carbocycles. The predicted octanol–water partition coefficient (Wildman–Crippen LogP) is 4.08. The van der Waals surface area contributed by atoms with Crippen molar-refractivity contribution in [1.29, 1.82) is 0 Å². The molecule has 3 nitrogen and oxygen atoms in total. The molecule has 140 valence electrons. The van der Waals surface area contributed by atoms with Crippen molar-refractivity contribution in [3.05, 3.63) is 64.7 Å². The minimum Gasteiger partial charge on any atom is -0.373 e. The van der Waals surface area contributed by atoms with E-state index in [1.54, 1.807) is 0 Å². The molecule has 1 amide bonds. The van der Waals surface area contributed by atoms with Crippen LogP contribution < -0.4 is 10.6 Å². The summed E-state index contributed by atoms with van der Waals surface area (Å²) >= 11 is 0. The van der Waals surface area contributed by atoms with Gasteiger partial charge in [0, 0.05) is 23.6 Å². The van der Waals surface area contributed by atoms with Crippen molar-refractivity contribution in [3.8, 4) is 0 Å². The molecule has 0 radical (unpaired) electrons. The number of carbonyl (C=O) groups is 1. The molecule has 1 aliphatic heterocycles. The Morgan fingerprint density at radius 2 is 1.85 bits per heavy atom. The van der Waals surface area contributed by atoms with Gasteiger partial charge in [-0.1, -0.05) is 24.3 Å². The van der Waals surface area contributed by atoms with E-state index in [9.17, 15) is 18.0 Å². The van der Waals surface area contributed by atoms with Crippen molar-refractivity contribution in [2.75, 3.05) is 5.32 Å². The molecule has 3 aliphatic rings. The molecule has 1 heterocycles. The highest BCUT2D eigenvalue weighted by Gasteiger charge is 2.46. The van der Waals surface area contributed by atoms with Crippen LogP contribution in [-0.4, -0.2) is 18.0 Å². The monoisotopic (exact) mass is 372 g/mol. The average Bonchev–Trinajstić information content (AvgIpc) is 3.36. The number of nitrogens with one attached hydrogen (secondary N) is 2. The molecule has 3 unspecified atom stereocenters. The highest BCUT2D eigenvalue weighted by molar-refractivity contribution is 5.87. The van der Waals surface area contributed by atoms with Crippen molar-refractivity contribution in [3.63, 3.8) is 0 Å². The van der Waals surface area contributed by atoms with Crippen LogP contribution in [0.1, 0.15) is 41.0 Å². The summed E-state index contributed by atoms with van der Waals surface area (Å²) in [5.41, 5.74) is 2.76. The van der Waals surface area contributed by atoms with Crippen molar-refractivity contribution in [2.45, 2.75) is 43.4 Å². The lowest BCUT2D eigenvalue weighted by atomic mass is 9.77. The third-order valence-corrected chi connectivity index (χ3v) is 5.93. The fourth-order valence-electron chi connectivity index (χ4n) is 4.52. The second kappa shape index (κ2) is 5.75. The molecule has 2 aromatic carbocycles. The summed E-state index contributed by atoms with van der Waals surface area (Å²) in [6.07, 6.45) is -1.70. The van der Waals surface area contributed by atoms with Crippen LogP contribution in [0.15, 0.2) is 42.5 Å². The maximum absolute atomic E-state index is 13.3. The van der Waals surface area contributed by atoms with Crippen molar-refractivity contribution in [1.82, 2.24) is 5.32 Å². The first-order valence-electron chi connectivity index (χ1n) is 9.27. The Hall–Kier alpha value is -2.50. The Morgan fingerprint density at radius 1 is 1.07 bits per heavy atom. The van der Waals surface area contributed by atoms with Crippen LogP contribution in [0.25, 0.3) is 0 Å². The van der Waals surface area contributed by atoms with Gasteiger partial charge in [-0.3, -0.25) is 4.79 Å². The topological polar surface area (TPSA) is 41.1 Å². The molecule has 0 bridgehead atoms. The third-order valence-electron chi connectivity index (χ3n) is 5.93. The lowest BCUT2D eigenvalue weighted by Crippen LogP contribution is -2.49. The molecule has 0 aromatic heterocycles. The van der Waals surface area contributed by atoms with Crippen molar-refractivity contribution >= 4 is 11.6 Å². The van der Waals surface area contributed by atoms with E-state index in [1.165, 1.54) is 12.1 Å². The Bertz CT molecular complexity index is 920. The maximum Gasteiger partial charge on any atom is 0.416 e. The largest absolute Gasteiger partial charge is 0.416 e. The van der Waals surface area contributed by atoms with Gasteiger partial charge in [0.25, 0.3) is 0 Å². The van der Waals surface area contributed by atoms with E-state index in [-0.39, 0.29) is 23.8 Å². The minimum atomic E-state index is -4.39. The zero-order chi connectivity index (χ0) is 18.8.